The van der Waals surface area contributed by atoms with Crippen LogP contribution in [0.15, 0.2) is 173 Å². The molecule has 0 spiro atoms. The van der Waals surface area contributed by atoms with E-state index in [0.717, 1.165) is 49.7 Å². The van der Waals surface area contributed by atoms with E-state index in [4.69, 9.17) is 8.83 Å². The maximum Gasteiger partial charge on any atom is 0.147 e. The molecule has 0 aliphatic rings. The van der Waals surface area contributed by atoms with E-state index in [1.807, 2.05) is 18.4 Å². The molecule has 0 aliphatic heterocycles. The van der Waals surface area contributed by atoms with Gasteiger partial charge in [-0.2, -0.15) is 0 Å². The number of furan rings is 2. The van der Waals surface area contributed by atoms with Gasteiger partial charge in [-0.3, -0.25) is 0 Å². The summed E-state index contributed by atoms with van der Waals surface area (Å²) in [6.45, 7) is 0. The van der Waals surface area contributed by atoms with E-state index in [1.54, 1.807) is 0 Å². The molecule has 3 heteroatoms. The number of para-hydroxylation sites is 3. The Morgan fingerprint density at radius 1 is 0.408 bits per heavy atom. The Hall–Kier alpha value is -6.58. The second-order valence-corrected chi connectivity index (χ2v) is 12.8. The summed E-state index contributed by atoms with van der Waals surface area (Å²) in [5, 5.41) is 10.5. The second-order valence-electron chi connectivity index (χ2n) is 12.8. The van der Waals surface area contributed by atoms with Crippen molar-refractivity contribution in [3.05, 3.63) is 164 Å². The lowest BCUT2D eigenvalue weighted by molar-refractivity contribution is 0.616. The zero-order chi connectivity index (χ0) is 32.1. The molecule has 3 nitrogen and oxygen atoms in total. The van der Waals surface area contributed by atoms with E-state index >= 15 is 0 Å². The fourth-order valence-corrected chi connectivity index (χ4v) is 8.20. The molecule has 0 aliphatic carbocycles. The first-order valence-electron chi connectivity index (χ1n) is 16.7. The first-order valence-corrected chi connectivity index (χ1v) is 16.7. The van der Waals surface area contributed by atoms with Gasteiger partial charge >= 0.3 is 0 Å². The topological polar surface area (TPSA) is 31.2 Å². The van der Waals surface area contributed by atoms with Crippen molar-refractivity contribution in [3.8, 4) is 27.9 Å². The maximum absolute atomic E-state index is 6.55. The summed E-state index contributed by atoms with van der Waals surface area (Å²) < 4.78 is 15.2. The monoisotopic (exact) mass is 625 g/mol. The van der Waals surface area contributed by atoms with Crippen molar-refractivity contribution in [2.75, 3.05) is 0 Å². The predicted molar refractivity (Wildman–Crippen MR) is 204 cm³/mol. The van der Waals surface area contributed by atoms with E-state index < -0.39 is 0 Å². The fourth-order valence-electron chi connectivity index (χ4n) is 8.20. The molecule has 0 unspecified atom stereocenters. The zero-order valence-corrected chi connectivity index (χ0v) is 26.4. The Kier molecular flexibility index (Phi) is 5.38. The lowest BCUT2D eigenvalue weighted by atomic mass is 9.85. The van der Waals surface area contributed by atoms with E-state index in [2.05, 4.69) is 150 Å². The molecular weight excluding hydrogens is 599 g/mol. The van der Waals surface area contributed by atoms with Gasteiger partial charge < -0.3 is 13.4 Å². The van der Waals surface area contributed by atoms with Crippen LogP contribution in [0.2, 0.25) is 0 Å². The van der Waals surface area contributed by atoms with Crippen LogP contribution in [0.4, 0.5) is 0 Å². The highest BCUT2D eigenvalue weighted by molar-refractivity contribution is 6.27. The lowest BCUT2D eigenvalue weighted by Gasteiger charge is -2.17. The molecule has 0 saturated carbocycles. The largest absolute Gasteiger partial charge is 0.464 e. The molecule has 0 atom stereocenters. The average Bonchev–Trinajstić information content (AvgIpc) is 3.86. The van der Waals surface area contributed by atoms with Crippen molar-refractivity contribution in [1.29, 1.82) is 0 Å². The second kappa shape index (κ2) is 9.96. The molecule has 11 rings (SSSR count). The standard InChI is InChI=1S/C46H27NO2/c1-2-12-29(13-3-1)47-39-20-10-8-14-30(39)37-26-28(22-24-40(37)47)43-32-16-4-6-18-34(32)44(35-19-7-5-17-33(35)43)38-27-48-42-25-23-36-31-15-9-11-21-41(31)49-46(36)45(38)42/h1-27H. The third-order valence-corrected chi connectivity index (χ3v) is 10.3. The Bertz CT molecular complexity index is 3050. The highest BCUT2D eigenvalue weighted by atomic mass is 16.3. The van der Waals surface area contributed by atoms with E-state index in [1.165, 1.54) is 54.5 Å². The van der Waals surface area contributed by atoms with Crippen LogP contribution in [0.25, 0.3) is 104 Å². The molecule has 49 heavy (non-hydrogen) atoms. The van der Waals surface area contributed by atoms with Crippen LogP contribution in [0.5, 0.6) is 0 Å². The summed E-state index contributed by atoms with van der Waals surface area (Å²) >= 11 is 0. The molecule has 0 saturated heterocycles. The summed E-state index contributed by atoms with van der Waals surface area (Å²) in [6, 6.07) is 56.3. The van der Waals surface area contributed by atoms with Crippen LogP contribution in [0.3, 0.4) is 0 Å². The molecule has 3 heterocycles. The molecule has 3 aromatic heterocycles. The van der Waals surface area contributed by atoms with E-state index in [-0.39, 0.29) is 0 Å². The van der Waals surface area contributed by atoms with Gasteiger partial charge in [0.25, 0.3) is 0 Å². The molecule has 228 valence electrons. The first-order chi connectivity index (χ1) is 24.3. The van der Waals surface area contributed by atoms with Gasteiger partial charge in [0.15, 0.2) is 0 Å². The van der Waals surface area contributed by atoms with Gasteiger partial charge in [0.2, 0.25) is 0 Å². The summed E-state index contributed by atoms with van der Waals surface area (Å²) in [5.41, 5.74) is 10.7. The van der Waals surface area contributed by atoms with Crippen LogP contribution >= 0.6 is 0 Å². The molecule has 8 aromatic carbocycles. The van der Waals surface area contributed by atoms with E-state index in [0.29, 0.717) is 0 Å². The maximum atomic E-state index is 6.55. The van der Waals surface area contributed by atoms with Crippen LogP contribution in [-0.4, -0.2) is 4.57 Å². The molecule has 0 amide bonds. The van der Waals surface area contributed by atoms with Crippen molar-refractivity contribution < 1.29 is 8.83 Å². The summed E-state index contributed by atoms with van der Waals surface area (Å²) in [7, 11) is 0. The SMILES string of the molecule is c1ccc(-n2c3ccccc3c3cc(-c4c5ccccc5c(-c5coc6ccc7c8ccccc8oc7c56)c5ccccc45)ccc32)cc1. The minimum atomic E-state index is 0.819. The number of rotatable bonds is 3. The predicted octanol–water partition coefficient (Wildman–Crippen LogP) is 13.1. The van der Waals surface area contributed by atoms with Crippen molar-refractivity contribution in [2.45, 2.75) is 0 Å². The fraction of sp³-hybridized carbons (Fsp3) is 0. The highest BCUT2D eigenvalue weighted by Crippen LogP contribution is 2.48. The Morgan fingerprint density at radius 2 is 1.02 bits per heavy atom. The summed E-state index contributed by atoms with van der Waals surface area (Å²) in [5.74, 6) is 0. The van der Waals surface area contributed by atoms with Gasteiger partial charge in [-0.15, -0.1) is 0 Å². The van der Waals surface area contributed by atoms with Crippen LogP contribution < -0.4 is 0 Å². The molecule has 0 radical (unpaired) electrons. The Balaban J connectivity index is 1.23. The number of hydrogen-bond donors (Lipinski definition) is 0. The zero-order valence-electron chi connectivity index (χ0n) is 26.4. The first kappa shape index (κ1) is 26.5. The molecule has 11 aromatic rings. The Labute approximate surface area is 280 Å². The summed E-state index contributed by atoms with van der Waals surface area (Å²) in [4.78, 5) is 0. The van der Waals surface area contributed by atoms with Crippen molar-refractivity contribution in [3.63, 3.8) is 0 Å². The van der Waals surface area contributed by atoms with Crippen molar-refractivity contribution in [2.24, 2.45) is 0 Å². The third-order valence-electron chi connectivity index (χ3n) is 10.3. The number of hydrogen-bond acceptors (Lipinski definition) is 2. The van der Waals surface area contributed by atoms with E-state index in [9.17, 15) is 0 Å². The smallest absolute Gasteiger partial charge is 0.147 e. The normalized spacial score (nSPS) is 12.1. The van der Waals surface area contributed by atoms with Crippen LogP contribution in [0, 0.1) is 0 Å². The minimum Gasteiger partial charge on any atom is -0.464 e. The Morgan fingerprint density at radius 3 is 1.78 bits per heavy atom. The van der Waals surface area contributed by atoms with Gasteiger partial charge in [0.1, 0.15) is 16.7 Å². The summed E-state index contributed by atoms with van der Waals surface area (Å²) in [6.07, 6.45) is 1.91. The van der Waals surface area contributed by atoms with Gasteiger partial charge in [-0.25, -0.2) is 0 Å². The van der Waals surface area contributed by atoms with Crippen molar-refractivity contribution in [1.82, 2.24) is 4.57 Å². The number of aromatic nitrogens is 1. The molecule has 0 fully saturated rings. The third kappa shape index (κ3) is 3.67. The quantitative estimate of drug-likeness (QED) is 0.183. The highest BCUT2D eigenvalue weighted by Gasteiger charge is 2.23. The number of fused-ring (bicyclic) bond motifs is 10. The van der Waals surface area contributed by atoms with Crippen molar-refractivity contribution >= 4 is 76.3 Å². The number of nitrogens with zero attached hydrogens (tertiary/aromatic N) is 1. The van der Waals surface area contributed by atoms with Crippen LogP contribution in [-0.2, 0) is 0 Å². The van der Waals surface area contributed by atoms with Crippen LogP contribution in [0.1, 0.15) is 0 Å². The minimum absolute atomic E-state index is 0.819. The number of benzene rings is 8. The lowest BCUT2D eigenvalue weighted by Crippen LogP contribution is -1.93. The van der Waals surface area contributed by atoms with Gasteiger partial charge in [0.05, 0.1) is 22.7 Å². The average molecular weight is 626 g/mol. The van der Waals surface area contributed by atoms with Gasteiger partial charge in [-0.05, 0) is 81.2 Å². The van der Waals surface area contributed by atoms with Gasteiger partial charge in [0, 0.05) is 38.4 Å². The molecule has 0 bridgehead atoms. The molecule has 0 N–H and O–H groups in total. The van der Waals surface area contributed by atoms with Gasteiger partial charge in [-0.1, -0.05) is 109 Å². The molecular formula is C46H27NO2.